The van der Waals surface area contributed by atoms with E-state index in [1.165, 1.54) is 31.2 Å². The van der Waals surface area contributed by atoms with Crippen LogP contribution in [0.5, 0.6) is 0 Å². The fourth-order valence-corrected chi connectivity index (χ4v) is 2.57. The van der Waals surface area contributed by atoms with E-state index < -0.39 is 47.0 Å². The van der Waals surface area contributed by atoms with E-state index in [2.05, 4.69) is 0 Å². The minimum absolute atomic E-state index is 0.0245. The van der Waals surface area contributed by atoms with Crippen LogP contribution in [0.4, 0.5) is 27.6 Å². The van der Waals surface area contributed by atoms with Crippen LogP contribution >= 0.6 is 0 Å². The summed E-state index contributed by atoms with van der Waals surface area (Å²) in [5.41, 5.74) is -1.51. The topological polar surface area (TPSA) is 68.5 Å². The Morgan fingerprint density at radius 3 is 2.29 bits per heavy atom. The van der Waals surface area contributed by atoms with Gasteiger partial charge in [-0.3, -0.25) is 4.79 Å². The second-order valence-electron chi connectivity index (χ2n) is 6.38. The first-order chi connectivity index (χ1) is 14.6. The Morgan fingerprint density at radius 1 is 1.00 bits per heavy atom. The van der Waals surface area contributed by atoms with Crippen LogP contribution in [-0.4, -0.2) is 18.0 Å². The standard InChI is InChI=1S/C21H14F5NO4/c1-11(19(28)27-18-14(22)6-3-7-15(18)23)30-20(29)17-9-8-16(31-17)12-4-2-5-13(10-12)21(24,25)26/h2-11H,1H3,(H,27,28)/t11-/m1/s1. The van der Waals surface area contributed by atoms with Gasteiger partial charge >= 0.3 is 12.1 Å². The Morgan fingerprint density at radius 2 is 1.65 bits per heavy atom. The number of amides is 1. The first kappa shape index (κ1) is 22.0. The molecule has 1 heterocycles. The summed E-state index contributed by atoms with van der Waals surface area (Å²) >= 11 is 0. The quantitative estimate of drug-likeness (QED) is 0.425. The van der Waals surface area contributed by atoms with Gasteiger partial charge in [0.15, 0.2) is 6.10 Å². The third-order valence-corrected chi connectivity index (χ3v) is 4.15. The molecule has 0 aliphatic heterocycles. The van der Waals surface area contributed by atoms with Gasteiger partial charge < -0.3 is 14.5 Å². The number of anilines is 1. The summed E-state index contributed by atoms with van der Waals surface area (Å²) in [6, 6.07) is 9.72. The second kappa shape index (κ2) is 8.58. The Bertz CT molecular complexity index is 1100. The van der Waals surface area contributed by atoms with E-state index in [1.807, 2.05) is 5.32 Å². The highest BCUT2D eigenvalue weighted by molar-refractivity contribution is 5.96. The van der Waals surface area contributed by atoms with Crippen LogP contribution < -0.4 is 5.32 Å². The fourth-order valence-electron chi connectivity index (χ4n) is 2.57. The van der Waals surface area contributed by atoms with Crippen LogP contribution in [0, 0.1) is 11.6 Å². The van der Waals surface area contributed by atoms with Gasteiger partial charge in [0.25, 0.3) is 5.91 Å². The van der Waals surface area contributed by atoms with E-state index in [9.17, 15) is 31.5 Å². The Kier molecular flexibility index (Phi) is 6.09. The molecule has 10 heteroatoms. The molecule has 0 aliphatic rings. The van der Waals surface area contributed by atoms with Gasteiger partial charge in [0.05, 0.1) is 5.56 Å². The molecule has 3 rings (SSSR count). The van der Waals surface area contributed by atoms with E-state index in [0.717, 1.165) is 30.3 Å². The van der Waals surface area contributed by atoms with E-state index in [4.69, 9.17) is 9.15 Å². The van der Waals surface area contributed by atoms with E-state index in [0.29, 0.717) is 0 Å². The zero-order valence-electron chi connectivity index (χ0n) is 15.8. The molecule has 3 aromatic rings. The summed E-state index contributed by atoms with van der Waals surface area (Å²) in [7, 11) is 0. The number of furan rings is 1. The number of benzene rings is 2. The largest absolute Gasteiger partial charge is 0.449 e. The zero-order valence-corrected chi connectivity index (χ0v) is 15.8. The number of carbonyl (C=O) groups excluding carboxylic acids is 2. The molecule has 1 amide bonds. The van der Waals surface area contributed by atoms with E-state index >= 15 is 0 Å². The summed E-state index contributed by atoms with van der Waals surface area (Å²) in [6.07, 6.45) is -6.00. The number of ether oxygens (including phenoxy) is 1. The van der Waals surface area contributed by atoms with Crippen molar-refractivity contribution in [3.63, 3.8) is 0 Å². The van der Waals surface area contributed by atoms with E-state index in [-0.39, 0.29) is 17.1 Å². The van der Waals surface area contributed by atoms with Gasteiger partial charge in [-0.1, -0.05) is 18.2 Å². The van der Waals surface area contributed by atoms with Crippen LogP contribution in [-0.2, 0) is 15.7 Å². The summed E-state index contributed by atoms with van der Waals surface area (Å²) in [4.78, 5) is 24.3. The van der Waals surface area contributed by atoms with Crippen molar-refractivity contribution in [3.8, 4) is 11.3 Å². The van der Waals surface area contributed by atoms with Crippen molar-refractivity contribution in [2.24, 2.45) is 0 Å². The van der Waals surface area contributed by atoms with Crippen LogP contribution in [0.2, 0.25) is 0 Å². The first-order valence-electron chi connectivity index (χ1n) is 8.79. The number of para-hydroxylation sites is 1. The SMILES string of the molecule is C[C@@H](OC(=O)c1ccc(-c2cccc(C(F)(F)F)c2)o1)C(=O)Nc1c(F)cccc1F. The minimum atomic E-state index is -4.55. The lowest BCUT2D eigenvalue weighted by atomic mass is 10.1. The molecular weight excluding hydrogens is 425 g/mol. The summed E-state index contributed by atoms with van der Waals surface area (Å²) in [6.45, 7) is 1.17. The average molecular weight is 439 g/mol. The predicted molar refractivity (Wildman–Crippen MR) is 99.0 cm³/mol. The normalized spacial score (nSPS) is 12.3. The number of rotatable bonds is 5. The third-order valence-electron chi connectivity index (χ3n) is 4.15. The molecule has 0 radical (unpaired) electrons. The lowest BCUT2D eigenvalue weighted by Crippen LogP contribution is -2.30. The molecule has 0 fully saturated rings. The van der Waals surface area contributed by atoms with Crippen LogP contribution in [0.3, 0.4) is 0 Å². The Balaban J connectivity index is 1.69. The first-order valence-corrected chi connectivity index (χ1v) is 8.79. The summed E-state index contributed by atoms with van der Waals surface area (Å²) < 4.78 is 75.9. The molecular formula is C21H14F5NO4. The molecule has 31 heavy (non-hydrogen) atoms. The second-order valence-corrected chi connectivity index (χ2v) is 6.38. The van der Waals surface area contributed by atoms with Gasteiger partial charge in [-0.15, -0.1) is 0 Å². The van der Waals surface area contributed by atoms with Crippen molar-refractivity contribution in [3.05, 3.63) is 77.6 Å². The molecule has 0 saturated carbocycles. The van der Waals surface area contributed by atoms with Gasteiger partial charge in [-0.05, 0) is 43.3 Å². The average Bonchev–Trinajstić information content (AvgIpc) is 3.20. The molecule has 162 valence electrons. The molecule has 1 aromatic heterocycles. The number of hydrogen-bond donors (Lipinski definition) is 1. The maximum Gasteiger partial charge on any atom is 0.416 e. The highest BCUT2D eigenvalue weighted by Crippen LogP contribution is 2.32. The number of carbonyl (C=O) groups is 2. The predicted octanol–water partition coefficient (Wildman–Crippen LogP) is 5.43. The van der Waals surface area contributed by atoms with E-state index in [1.54, 1.807) is 0 Å². The van der Waals surface area contributed by atoms with Gasteiger partial charge in [-0.25, -0.2) is 13.6 Å². The highest BCUT2D eigenvalue weighted by atomic mass is 19.4. The lowest BCUT2D eigenvalue weighted by molar-refractivity contribution is -0.137. The molecule has 0 unspecified atom stereocenters. The Labute approximate surface area is 172 Å². The molecule has 0 saturated heterocycles. The number of esters is 1. The molecule has 0 aliphatic carbocycles. The van der Waals surface area contributed by atoms with Crippen LogP contribution in [0.1, 0.15) is 23.0 Å². The number of hydrogen-bond acceptors (Lipinski definition) is 4. The number of halogens is 5. The van der Waals surface area contributed by atoms with Gasteiger partial charge in [-0.2, -0.15) is 13.2 Å². The molecule has 2 aromatic carbocycles. The third kappa shape index (κ3) is 5.08. The molecule has 1 N–H and O–H groups in total. The van der Waals surface area contributed by atoms with Crippen molar-refractivity contribution in [1.29, 1.82) is 0 Å². The van der Waals surface area contributed by atoms with Crippen molar-refractivity contribution in [2.75, 3.05) is 5.32 Å². The summed E-state index contributed by atoms with van der Waals surface area (Å²) in [5, 5.41) is 1.98. The van der Waals surface area contributed by atoms with Crippen molar-refractivity contribution in [1.82, 2.24) is 0 Å². The van der Waals surface area contributed by atoms with Crippen LogP contribution in [0.15, 0.2) is 59.0 Å². The van der Waals surface area contributed by atoms with Gasteiger partial charge in [0.1, 0.15) is 23.1 Å². The van der Waals surface area contributed by atoms with Crippen molar-refractivity contribution >= 4 is 17.6 Å². The fraction of sp³-hybridized carbons (Fsp3) is 0.143. The molecule has 5 nitrogen and oxygen atoms in total. The van der Waals surface area contributed by atoms with Crippen LogP contribution in [0.25, 0.3) is 11.3 Å². The maximum atomic E-state index is 13.6. The van der Waals surface area contributed by atoms with Gasteiger partial charge in [0.2, 0.25) is 5.76 Å². The minimum Gasteiger partial charge on any atom is -0.449 e. The number of alkyl halides is 3. The van der Waals surface area contributed by atoms with Crippen molar-refractivity contribution in [2.45, 2.75) is 19.2 Å². The molecule has 0 spiro atoms. The highest BCUT2D eigenvalue weighted by Gasteiger charge is 2.31. The molecule has 0 bridgehead atoms. The lowest BCUT2D eigenvalue weighted by Gasteiger charge is -2.13. The monoisotopic (exact) mass is 439 g/mol. The maximum absolute atomic E-state index is 13.6. The van der Waals surface area contributed by atoms with Gasteiger partial charge in [0, 0.05) is 5.56 Å². The zero-order chi connectivity index (χ0) is 22.8. The summed E-state index contributed by atoms with van der Waals surface area (Å²) in [5.74, 6) is -4.50. The Hall–Kier alpha value is -3.69. The number of nitrogens with one attached hydrogen (secondary N) is 1. The molecule has 1 atom stereocenters. The smallest absolute Gasteiger partial charge is 0.416 e. The van der Waals surface area contributed by atoms with Crippen molar-refractivity contribution < 1.29 is 40.7 Å².